The lowest BCUT2D eigenvalue weighted by Gasteiger charge is -2.30. The molecule has 6 nitrogen and oxygen atoms in total. The second-order valence-corrected chi connectivity index (χ2v) is 10.6. The van der Waals surface area contributed by atoms with Gasteiger partial charge in [-0.15, -0.1) is 0 Å². The number of aryl methyl sites for hydroxylation is 1. The van der Waals surface area contributed by atoms with Crippen molar-refractivity contribution < 1.29 is 13.2 Å². The van der Waals surface area contributed by atoms with Gasteiger partial charge >= 0.3 is 6.03 Å². The minimum atomic E-state index is -3.64. The van der Waals surface area contributed by atoms with Crippen molar-refractivity contribution in [2.24, 2.45) is 0 Å². The minimum absolute atomic E-state index is 0.0637. The number of nitrogens with zero attached hydrogens (tertiary/aromatic N) is 2. The van der Waals surface area contributed by atoms with E-state index in [1.54, 1.807) is 23.1 Å². The molecule has 2 aliphatic heterocycles. The summed E-state index contributed by atoms with van der Waals surface area (Å²) in [7, 11) is -3.64. The van der Waals surface area contributed by atoms with Crippen molar-refractivity contribution in [3.05, 3.63) is 53.6 Å². The predicted molar refractivity (Wildman–Crippen MR) is 122 cm³/mol. The molecule has 1 saturated carbocycles. The van der Waals surface area contributed by atoms with Crippen LogP contribution in [-0.2, 0) is 22.9 Å². The topological polar surface area (TPSA) is 69.7 Å². The first kappa shape index (κ1) is 20.4. The zero-order chi connectivity index (χ0) is 21.4. The average Bonchev–Trinajstić information content (AvgIpc) is 3.23. The molecule has 1 N–H and O–H groups in total. The molecule has 0 unspecified atom stereocenters. The molecular weight excluding hydrogens is 410 g/mol. The van der Waals surface area contributed by atoms with E-state index in [1.807, 2.05) is 24.3 Å². The molecule has 0 bridgehead atoms. The molecule has 0 spiro atoms. The summed E-state index contributed by atoms with van der Waals surface area (Å²) in [5.41, 5.74) is 3.60. The number of urea groups is 1. The van der Waals surface area contributed by atoms with Crippen LogP contribution in [0.1, 0.15) is 49.7 Å². The summed E-state index contributed by atoms with van der Waals surface area (Å²) in [4.78, 5) is 14.9. The van der Waals surface area contributed by atoms with Gasteiger partial charge in [0.2, 0.25) is 0 Å². The Hall–Kier alpha value is -2.54. The van der Waals surface area contributed by atoms with Gasteiger partial charge in [-0.3, -0.25) is 9.21 Å². The van der Waals surface area contributed by atoms with E-state index < -0.39 is 10.0 Å². The van der Waals surface area contributed by atoms with Crippen LogP contribution in [-0.4, -0.2) is 33.6 Å². The number of amides is 2. The number of hydrogen-bond donors (Lipinski definition) is 1. The summed E-state index contributed by atoms with van der Waals surface area (Å²) in [6, 6.07) is 13.1. The maximum absolute atomic E-state index is 13.5. The molecule has 31 heavy (non-hydrogen) atoms. The van der Waals surface area contributed by atoms with Crippen molar-refractivity contribution in [3.63, 3.8) is 0 Å². The van der Waals surface area contributed by atoms with E-state index in [9.17, 15) is 13.2 Å². The highest BCUT2D eigenvalue weighted by molar-refractivity contribution is 7.92. The number of sulfonamides is 1. The number of rotatable bonds is 3. The summed E-state index contributed by atoms with van der Waals surface area (Å²) in [6.07, 6.45) is 8.06. The van der Waals surface area contributed by atoms with E-state index in [4.69, 9.17) is 0 Å². The van der Waals surface area contributed by atoms with Crippen molar-refractivity contribution in [1.29, 1.82) is 0 Å². The van der Waals surface area contributed by atoms with Gasteiger partial charge in [-0.25, -0.2) is 13.2 Å². The van der Waals surface area contributed by atoms with Gasteiger partial charge in [-0.1, -0.05) is 37.5 Å². The maximum Gasteiger partial charge on any atom is 0.322 e. The van der Waals surface area contributed by atoms with Crippen LogP contribution in [0.3, 0.4) is 0 Å². The number of hydrogen-bond acceptors (Lipinski definition) is 3. The molecule has 0 atom stereocenters. The molecule has 0 radical (unpaired) electrons. The number of carbonyl (C=O) groups is 1. The molecule has 2 aromatic carbocycles. The van der Waals surface area contributed by atoms with Crippen LogP contribution in [0.5, 0.6) is 0 Å². The number of carbonyl (C=O) groups excluding carboxylic acids is 1. The molecule has 5 rings (SSSR count). The van der Waals surface area contributed by atoms with Crippen LogP contribution in [0.2, 0.25) is 0 Å². The Labute approximate surface area is 184 Å². The molecule has 1 fully saturated rings. The smallest absolute Gasteiger partial charge is 0.322 e. The third-order valence-corrected chi connectivity index (χ3v) is 8.59. The van der Waals surface area contributed by atoms with Gasteiger partial charge in [0.05, 0.1) is 10.6 Å². The third kappa shape index (κ3) is 3.80. The fraction of sp³-hybridized carbons (Fsp3) is 0.458. The first-order valence-corrected chi connectivity index (χ1v) is 12.8. The molecule has 164 valence electrons. The van der Waals surface area contributed by atoms with Gasteiger partial charge in [0.1, 0.15) is 0 Å². The van der Waals surface area contributed by atoms with Crippen molar-refractivity contribution in [3.8, 4) is 0 Å². The van der Waals surface area contributed by atoms with E-state index >= 15 is 0 Å². The largest absolute Gasteiger partial charge is 0.335 e. The number of fused-ring (bicyclic) bond motifs is 2. The fourth-order valence-electron chi connectivity index (χ4n) is 5.13. The summed E-state index contributed by atoms with van der Waals surface area (Å²) in [6.45, 7) is 1.08. The quantitative estimate of drug-likeness (QED) is 0.778. The molecule has 0 aromatic heterocycles. The highest BCUT2D eigenvalue weighted by atomic mass is 32.2. The Kier molecular flexibility index (Phi) is 5.38. The van der Waals surface area contributed by atoms with Crippen LogP contribution in [0.15, 0.2) is 47.4 Å². The van der Waals surface area contributed by atoms with E-state index in [2.05, 4.69) is 5.32 Å². The van der Waals surface area contributed by atoms with Gasteiger partial charge in [-0.2, -0.15) is 0 Å². The SMILES string of the molecule is O=C(NC1CCCCC1)N1CCc2cc(S(=O)(=O)N3CCCc4ccccc43)ccc21. The Morgan fingerprint density at radius 1 is 0.871 bits per heavy atom. The zero-order valence-electron chi connectivity index (χ0n) is 17.7. The standard InChI is InChI=1S/C24H29N3O3S/c28-24(25-20-9-2-1-3-10-20)26-16-14-19-17-21(12-13-22(19)26)31(29,30)27-15-6-8-18-7-4-5-11-23(18)27/h4-5,7,11-13,17,20H,1-3,6,8-10,14-16H2,(H,25,28). The summed E-state index contributed by atoms with van der Waals surface area (Å²) in [5, 5.41) is 3.17. The monoisotopic (exact) mass is 439 g/mol. The van der Waals surface area contributed by atoms with E-state index in [0.29, 0.717) is 24.4 Å². The van der Waals surface area contributed by atoms with E-state index in [1.165, 1.54) is 23.6 Å². The molecule has 2 amide bonds. The number of anilines is 2. The summed E-state index contributed by atoms with van der Waals surface area (Å²) < 4.78 is 28.5. The summed E-state index contributed by atoms with van der Waals surface area (Å²) >= 11 is 0. The predicted octanol–water partition coefficient (Wildman–Crippen LogP) is 4.23. The van der Waals surface area contributed by atoms with Gasteiger partial charge in [0, 0.05) is 24.8 Å². The zero-order valence-corrected chi connectivity index (χ0v) is 18.5. The lowest BCUT2D eigenvalue weighted by atomic mass is 9.96. The summed E-state index contributed by atoms with van der Waals surface area (Å²) in [5.74, 6) is 0. The van der Waals surface area contributed by atoms with Crippen molar-refractivity contribution in [1.82, 2.24) is 5.32 Å². The van der Waals surface area contributed by atoms with Gasteiger partial charge < -0.3 is 5.32 Å². The second-order valence-electron chi connectivity index (χ2n) is 8.79. The van der Waals surface area contributed by atoms with Crippen molar-refractivity contribution >= 4 is 27.4 Å². The van der Waals surface area contributed by atoms with Crippen LogP contribution < -0.4 is 14.5 Å². The normalized spacial score (nSPS) is 19.1. The average molecular weight is 440 g/mol. The van der Waals surface area contributed by atoms with Crippen molar-refractivity contribution in [2.45, 2.75) is 62.3 Å². The van der Waals surface area contributed by atoms with Crippen LogP contribution in [0.4, 0.5) is 16.2 Å². The van der Waals surface area contributed by atoms with Gasteiger partial charge in [-0.05, 0) is 67.5 Å². The molecule has 2 aromatic rings. The van der Waals surface area contributed by atoms with Crippen molar-refractivity contribution in [2.75, 3.05) is 22.3 Å². The third-order valence-electron chi connectivity index (χ3n) is 6.78. The molecule has 3 aliphatic rings. The van der Waals surface area contributed by atoms with Crippen LogP contribution in [0.25, 0.3) is 0 Å². The highest BCUT2D eigenvalue weighted by Crippen LogP contribution is 2.35. The Balaban J connectivity index is 1.38. The molecule has 2 heterocycles. The highest BCUT2D eigenvalue weighted by Gasteiger charge is 2.32. The van der Waals surface area contributed by atoms with Crippen LogP contribution in [0, 0.1) is 0 Å². The Morgan fingerprint density at radius 2 is 1.68 bits per heavy atom. The Bertz CT molecular complexity index is 1090. The van der Waals surface area contributed by atoms with E-state index in [-0.39, 0.29) is 12.1 Å². The maximum atomic E-state index is 13.5. The lowest BCUT2D eigenvalue weighted by Crippen LogP contribution is -2.45. The number of para-hydroxylation sites is 1. The van der Waals surface area contributed by atoms with Crippen LogP contribution >= 0.6 is 0 Å². The van der Waals surface area contributed by atoms with E-state index in [0.717, 1.165) is 48.2 Å². The Morgan fingerprint density at radius 3 is 2.52 bits per heavy atom. The molecule has 7 heteroatoms. The molecule has 1 aliphatic carbocycles. The van der Waals surface area contributed by atoms with Gasteiger partial charge in [0.15, 0.2) is 0 Å². The molecular formula is C24H29N3O3S. The lowest BCUT2D eigenvalue weighted by molar-refractivity contribution is 0.238. The second kappa shape index (κ2) is 8.19. The minimum Gasteiger partial charge on any atom is -0.335 e. The first-order chi connectivity index (χ1) is 15.0. The number of benzene rings is 2. The first-order valence-electron chi connectivity index (χ1n) is 11.4. The number of nitrogens with one attached hydrogen (secondary N) is 1. The molecule has 0 saturated heterocycles. The van der Waals surface area contributed by atoms with Gasteiger partial charge in [0.25, 0.3) is 10.0 Å². The fourth-order valence-corrected chi connectivity index (χ4v) is 6.72.